The topological polar surface area (TPSA) is 31.4 Å². The molecule has 0 amide bonds. The van der Waals surface area contributed by atoms with Gasteiger partial charge in [-0.25, -0.2) is 4.98 Å². The van der Waals surface area contributed by atoms with Crippen LogP contribution in [0.4, 0.5) is 0 Å². The largest absolute Gasteiger partial charge is 0.345 e. The molecule has 1 saturated heterocycles. The summed E-state index contributed by atoms with van der Waals surface area (Å²) >= 11 is 1.62. The standard InChI is InChI=1S/C12H11NO2S/c1-2-4-9(5-3-1)11-13-10(8-16-11)12-14-6-7-15-12/h1-5,8,12H,6-7H2. The first kappa shape index (κ1) is 9.96. The third kappa shape index (κ3) is 1.87. The molecule has 1 aromatic carbocycles. The van der Waals surface area contributed by atoms with Crippen LogP contribution >= 0.6 is 11.3 Å². The lowest BCUT2D eigenvalue weighted by Crippen LogP contribution is -1.97. The van der Waals surface area contributed by atoms with E-state index in [1.165, 1.54) is 0 Å². The van der Waals surface area contributed by atoms with Crippen LogP contribution < -0.4 is 0 Å². The van der Waals surface area contributed by atoms with Crippen molar-refractivity contribution in [3.8, 4) is 10.6 Å². The van der Waals surface area contributed by atoms with Gasteiger partial charge in [-0.1, -0.05) is 30.3 Å². The summed E-state index contributed by atoms with van der Waals surface area (Å²) in [5, 5.41) is 3.01. The Labute approximate surface area is 97.7 Å². The van der Waals surface area contributed by atoms with Crippen molar-refractivity contribution in [1.82, 2.24) is 4.98 Å². The summed E-state index contributed by atoms with van der Waals surface area (Å²) in [7, 11) is 0. The predicted octanol–water partition coefficient (Wildman–Crippen LogP) is 2.86. The predicted molar refractivity (Wildman–Crippen MR) is 62.2 cm³/mol. The van der Waals surface area contributed by atoms with Crippen molar-refractivity contribution in [2.24, 2.45) is 0 Å². The third-order valence-corrected chi connectivity index (χ3v) is 3.32. The molecule has 82 valence electrons. The molecule has 0 atom stereocenters. The van der Waals surface area contributed by atoms with E-state index in [0.29, 0.717) is 13.2 Å². The molecule has 2 aromatic rings. The number of aromatic nitrogens is 1. The summed E-state index contributed by atoms with van der Waals surface area (Å²) in [5.41, 5.74) is 2.01. The Balaban J connectivity index is 1.87. The summed E-state index contributed by atoms with van der Waals surface area (Å²) in [6.45, 7) is 1.31. The van der Waals surface area contributed by atoms with Crippen LogP contribution in [0.25, 0.3) is 10.6 Å². The first-order valence-corrected chi connectivity index (χ1v) is 6.05. The van der Waals surface area contributed by atoms with Crippen LogP contribution in [0.2, 0.25) is 0 Å². The van der Waals surface area contributed by atoms with Gasteiger partial charge in [0.2, 0.25) is 6.29 Å². The lowest BCUT2D eigenvalue weighted by Gasteiger charge is -2.03. The van der Waals surface area contributed by atoms with Gasteiger partial charge in [-0.3, -0.25) is 0 Å². The van der Waals surface area contributed by atoms with Crippen molar-refractivity contribution in [3.63, 3.8) is 0 Å². The lowest BCUT2D eigenvalue weighted by molar-refractivity contribution is -0.0468. The Kier molecular flexibility index (Phi) is 2.70. The molecule has 1 aromatic heterocycles. The quantitative estimate of drug-likeness (QED) is 0.799. The molecule has 4 heteroatoms. The second-order valence-electron chi connectivity index (χ2n) is 3.52. The average molecular weight is 233 g/mol. The molecule has 0 unspecified atom stereocenters. The van der Waals surface area contributed by atoms with E-state index >= 15 is 0 Å². The van der Waals surface area contributed by atoms with Gasteiger partial charge >= 0.3 is 0 Å². The van der Waals surface area contributed by atoms with E-state index in [0.717, 1.165) is 16.3 Å². The zero-order chi connectivity index (χ0) is 10.8. The van der Waals surface area contributed by atoms with Crippen LogP contribution in [0.5, 0.6) is 0 Å². The lowest BCUT2D eigenvalue weighted by atomic mass is 10.2. The molecule has 0 N–H and O–H groups in total. The van der Waals surface area contributed by atoms with Crippen molar-refractivity contribution in [1.29, 1.82) is 0 Å². The zero-order valence-electron chi connectivity index (χ0n) is 8.63. The maximum Gasteiger partial charge on any atom is 0.202 e. The van der Waals surface area contributed by atoms with Crippen molar-refractivity contribution < 1.29 is 9.47 Å². The summed E-state index contributed by atoms with van der Waals surface area (Å²) in [4.78, 5) is 4.53. The smallest absolute Gasteiger partial charge is 0.202 e. The van der Waals surface area contributed by atoms with Gasteiger partial charge in [0, 0.05) is 10.9 Å². The average Bonchev–Trinajstić information content (AvgIpc) is 3.01. The second-order valence-corrected chi connectivity index (χ2v) is 4.38. The van der Waals surface area contributed by atoms with E-state index in [1.807, 2.05) is 23.6 Å². The first-order valence-electron chi connectivity index (χ1n) is 5.17. The van der Waals surface area contributed by atoms with Gasteiger partial charge in [0.25, 0.3) is 0 Å². The van der Waals surface area contributed by atoms with Crippen molar-refractivity contribution in [3.05, 3.63) is 41.4 Å². The molecular weight excluding hydrogens is 222 g/mol. The molecule has 0 spiro atoms. The Morgan fingerprint density at radius 2 is 1.88 bits per heavy atom. The monoisotopic (exact) mass is 233 g/mol. The highest BCUT2D eigenvalue weighted by molar-refractivity contribution is 7.13. The van der Waals surface area contributed by atoms with Gasteiger partial charge < -0.3 is 9.47 Å². The second kappa shape index (κ2) is 4.33. The van der Waals surface area contributed by atoms with Gasteiger partial charge in [-0.2, -0.15) is 0 Å². The molecule has 3 nitrogen and oxygen atoms in total. The van der Waals surface area contributed by atoms with Gasteiger partial charge in [-0.15, -0.1) is 11.3 Å². The normalized spacial score (nSPS) is 16.8. The maximum absolute atomic E-state index is 5.41. The molecule has 0 radical (unpaired) electrons. The summed E-state index contributed by atoms with van der Waals surface area (Å²) in [5.74, 6) is 0. The molecule has 0 aliphatic carbocycles. The van der Waals surface area contributed by atoms with E-state index in [-0.39, 0.29) is 6.29 Å². The van der Waals surface area contributed by atoms with E-state index in [2.05, 4.69) is 17.1 Å². The fraction of sp³-hybridized carbons (Fsp3) is 0.250. The molecule has 1 aliphatic heterocycles. The number of benzene rings is 1. The van der Waals surface area contributed by atoms with E-state index < -0.39 is 0 Å². The zero-order valence-corrected chi connectivity index (χ0v) is 9.44. The van der Waals surface area contributed by atoms with Gasteiger partial charge in [-0.05, 0) is 0 Å². The molecule has 0 saturated carbocycles. The van der Waals surface area contributed by atoms with E-state index in [1.54, 1.807) is 11.3 Å². The Morgan fingerprint density at radius 1 is 1.12 bits per heavy atom. The van der Waals surface area contributed by atoms with Crippen molar-refractivity contribution >= 4 is 11.3 Å². The highest BCUT2D eigenvalue weighted by Crippen LogP contribution is 2.29. The Morgan fingerprint density at radius 3 is 2.62 bits per heavy atom. The van der Waals surface area contributed by atoms with Crippen molar-refractivity contribution in [2.45, 2.75) is 6.29 Å². The third-order valence-electron chi connectivity index (χ3n) is 2.41. The Hall–Kier alpha value is -1.23. The SMILES string of the molecule is c1ccc(-c2nc(C3OCCO3)cs2)cc1. The van der Waals surface area contributed by atoms with Crippen molar-refractivity contribution in [2.75, 3.05) is 13.2 Å². The number of rotatable bonds is 2. The van der Waals surface area contributed by atoms with E-state index in [4.69, 9.17) is 9.47 Å². The molecule has 1 fully saturated rings. The van der Waals surface area contributed by atoms with Crippen LogP contribution in [0, 0.1) is 0 Å². The molecule has 3 rings (SSSR count). The van der Waals surface area contributed by atoms with Crippen LogP contribution in [-0.4, -0.2) is 18.2 Å². The van der Waals surface area contributed by atoms with Gasteiger partial charge in [0.05, 0.1) is 13.2 Å². The van der Waals surface area contributed by atoms with Crippen LogP contribution in [-0.2, 0) is 9.47 Å². The number of ether oxygens (including phenoxy) is 2. The maximum atomic E-state index is 5.41. The number of hydrogen-bond acceptors (Lipinski definition) is 4. The Bertz CT molecular complexity index is 463. The molecule has 1 aliphatic rings. The number of thiazole rings is 1. The highest BCUT2D eigenvalue weighted by atomic mass is 32.1. The van der Waals surface area contributed by atoms with Crippen LogP contribution in [0.15, 0.2) is 35.7 Å². The summed E-state index contributed by atoms with van der Waals surface area (Å²) < 4.78 is 10.8. The molecular formula is C12H11NO2S. The van der Waals surface area contributed by atoms with Crippen LogP contribution in [0.1, 0.15) is 12.0 Å². The fourth-order valence-corrected chi connectivity index (χ4v) is 2.46. The molecule has 2 heterocycles. The number of nitrogens with zero attached hydrogens (tertiary/aromatic N) is 1. The number of hydrogen-bond donors (Lipinski definition) is 0. The minimum Gasteiger partial charge on any atom is -0.345 e. The summed E-state index contributed by atoms with van der Waals surface area (Å²) in [6.07, 6.45) is -0.270. The first-order chi connectivity index (χ1) is 7.93. The van der Waals surface area contributed by atoms with Gasteiger partial charge in [0.15, 0.2) is 0 Å². The minimum absolute atomic E-state index is 0.270. The summed E-state index contributed by atoms with van der Waals surface area (Å²) in [6, 6.07) is 10.1. The fourth-order valence-electron chi connectivity index (χ4n) is 1.64. The highest BCUT2D eigenvalue weighted by Gasteiger charge is 2.21. The van der Waals surface area contributed by atoms with Gasteiger partial charge in [0.1, 0.15) is 10.7 Å². The van der Waals surface area contributed by atoms with Crippen LogP contribution in [0.3, 0.4) is 0 Å². The molecule has 0 bridgehead atoms. The van der Waals surface area contributed by atoms with E-state index in [9.17, 15) is 0 Å². The molecule has 16 heavy (non-hydrogen) atoms. The minimum atomic E-state index is -0.270.